The molecule has 4 rings (SSSR count). The fourth-order valence-corrected chi connectivity index (χ4v) is 5.48. The minimum Gasteiger partial charge on any atom is -0.369 e. The van der Waals surface area contributed by atoms with E-state index < -0.39 is 5.72 Å². The zero-order chi connectivity index (χ0) is 18.9. The predicted molar refractivity (Wildman–Crippen MR) is 125 cm³/mol. The lowest BCUT2D eigenvalue weighted by Crippen LogP contribution is -2.51. The molecule has 2 aliphatic rings. The van der Waals surface area contributed by atoms with Crippen molar-refractivity contribution in [2.75, 3.05) is 13.1 Å². The summed E-state index contributed by atoms with van der Waals surface area (Å²) in [5, 5.41) is 14.2. The first-order valence-electron chi connectivity index (χ1n) is 9.27. The van der Waals surface area contributed by atoms with Gasteiger partial charge in [-0.25, -0.2) is 0 Å². The van der Waals surface area contributed by atoms with E-state index in [0.717, 1.165) is 48.6 Å². The van der Waals surface area contributed by atoms with E-state index in [0.29, 0.717) is 16.5 Å². The number of benzene rings is 2. The van der Waals surface area contributed by atoms with E-state index in [2.05, 4.69) is 4.90 Å². The van der Waals surface area contributed by atoms with Crippen molar-refractivity contribution in [3.05, 3.63) is 69.7 Å². The van der Waals surface area contributed by atoms with Crippen molar-refractivity contribution in [3.8, 4) is 0 Å². The van der Waals surface area contributed by atoms with Gasteiger partial charge in [-0.15, -0.1) is 17.0 Å². The van der Waals surface area contributed by atoms with Gasteiger partial charge in [-0.05, 0) is 54.7 Å². The number of hydrogen-bond acceptors (Lipinski definition) is 4. The van der Waals surface area contributed by atoms with Crippen molar-refractivity contribution in [1.82, 2.24) is 4.90 Å². The first kappa shape index (κ1) is 22.0. The van der Waals surface area contributed by atoms with E-state index in [1.165, 1.54) is 0 Å². The van der Waals surface area contributed by atoms with Crippen LogP contribution >= 0.6 is 51.9 Å². The minimum absolute atomic E-state index is 0. The molecule has 150 valence electrons. The topological polar surface area (TPSA) is 35.8 Å². The molecular formula is C21H23BrCl2N2OS. The SMILES string of the molecule is Br.OC1(Cc2ccc(Cl)cc2)C(c2ccc(Cl)cc2)S/C2=N/CCCCCN21. The average Bonchev–Trinajstić information content (AvgIpc) is 2.89. The summed E-state index contributed by atoms with van der Waals surface area (Å²) >= 11 is 13.8. The van der Waals surface area contributed by atoms with Gasteiger partial charge in [0, 0.05) is 29.6 Å². The van der Waals surface area contributed by atoms with E-state index in [-0.39, 0.29) is 22.2 Å². The molecule has 0 aliphatic carbocycles. The molecule has 2 aromatic rings. The molecule has 0 saturated carbocycles. The highest BCUT2D eigenvalue weighted by Crippen LogP contribution is 2.51. The Hall–Kier alpha value is -0.720. The van der Waals surface area contributed by atoms with Gasteiger partial charge in [-0.3, -0.25) is 4.99 Å². The Labute approximate surface area is 190 Å². The van der Waals surface area contributed by atoms with Gasteiger partial charge in [0.15, 0.2) is 10.9 Å². The maximum Gasteiger partial charge on any atom is 0.162 e. The zero-order valence-corrected chi connectivity index (χ0v) is 19.4. The van der Waals surface area contributed by atoms with Gasteiger partial charge in [0.2, 0.25) is 0 Å². The summed E-state index contributed by atoms with van der Waals surface area (Å²) < 4.78 is 0. The van der Waals surface area contributed by atoms with Crippen LogP contribution in [-0.2, 0) is 6.42 Å². The number of nitrogens with zero attached hydrogens (tertiary/aromatic N) is 2. The number of amidine groups is 1. The van der Waals surface area contributed by atoms with E-state index in [4.69, 9.17) is 28.2 Å². The average molecular weight is 502 g/mol. The number of hydrogen-bond donors (Lipinski definition) is 1. The van der Waals surface area contributed by atoms with Crippen molar-refractivity contribution >= 4 is 57.1 Å². The number of halogens is 3. The predicted octanol–water partition coefficient (Wildman–Crippen LogP) is 6.13. The van der Waals surface area contributed by atoms with Crippen LogP contribution in [0.1, 0.15) is 35.6 Å². The first-order valence-corrected chi connectivity index (χ1v) is 10.9. The van der Waals surface area contributed by atoms with E-state index >= 15 is 0 Å². The third-order valence-electron chi connectivity index (χ3n) is 5.18. The van der Waals surface area contributed by atoms with Crippen LogP contribution < -0.4 is 0 Å². The van der Waals surface area contributed by atoms with Crippen LogP contribution in [-0.4, -0.2) is 34.0 Å². The van der Waals surface area contributed by atoms with Crippen LogP contribution in [0, 0.1) is 0 Å². The van der Waals surface area contributed by atoms with Crippen LogP contribution in [0.2, 0.25) is 10.0 Å². The van der Waals surface area contributed by atoms with Gasteiger partial charge in [0.1, 0.15) is 0 Å². The molecule has 0 amide bonds. The molecular weight excluding hydrogens is 479 g/mol. The van der Waals surface area contributed by atoms with Crippen molar-refractivity contribution in [3.63, 3.8) is 0 Å². The number of aliphatic hydroxyl groups is 1. The molecule has 1 saturated heterocycles. The van der Waals surface area contributed by atoms with Crippen molar-refractivity contribution in [1.29, 1.82) is 0 Å². The molecule has 2 aliphatic heterocycles. The third-order valence-corrected chi connectivity index (χ3v) is 7.13. The van der Waals surface area contributed by atoms with Gasteiger partial charge in [0.05, 0.1) is 5.25 Å². The van der Waals surface area contributed by atoms with Crippen LogP contribution in [0.25, 0.3) is 0 Å². The molecule has 3 nitrogen and oxygen atoms in total. The normalized spacial score (nSPS) is 26.5. The summed E-state index contributed by atoms with van der Waals surface area (Å²) in [4.78, 5) is 6.90. The highest BCUT2D eigenvalue weighted by Gasteiger charge is 2.51. The number of thioether (sulfide) groups is 1. The summed E-state index contributed by atoms with van der Waals surface area (Å²) in [5.41, 5.74) is 1.09. The summed E-state index contributed by atoms with van der Waals surface area (Å²) in [6.45, 7) is 1.64. The largest absolute Gasteiger partial charge is 0.369 e. The van der Waals surface area contributed by atoms with Crippen LogP contribution in [0.3, 0.4) is 0 Å². The van der Waals surface area contributed by atoms with Gasteiger partial charge >= 0.3 is 0 Å². The highest BCUT2D eigenvalue weighted by molar-refractivity contribution is 8.93. The molecule has 7 heteroatoms. The Morgan fingerprint density at radius 3 is 2.32 bits per heavy atom. The molecule has 0 spiro atoms. The number of rotatable bonds is 3. The Kier molecular flexibility index (Phi) is 7.37. The molecule has 2 atom stereocenters. The summed E-state index contributed by atoms with van der Waals surface area (Å²) in [6.07, 6.45) is 3.83. The van der Waals surface area contributed by atoms with Crippen molar-refractivity contribution in [2.24, 2.45) is 4.99 Å². The number of fused-ring (bicyclic) bond motifs is 1. The summed E-state index contributed by atoms with van der Waals surface area (Å²) in [7, 11) is 0. The second-order valence-electron chi connectivity index (χ2n) is 7.11. The maximum absolute atomic E-state index is 12.0. The zero-order valence-electron chi connectivity index (χ0n) is 15.4. The molecule has 0 bridgehead atoms. The Bertz CT molecular complexity index is 831. The molecule has 0 aromatic heterocycles. The third kappa shape index (κ3) is 4.54. The summed E-state index contributed by atoms with van der Waals surface area (Å²) in [6, 6.07) is 15.5. The van der Waals surface area contributed by atoms with Gasteiger partial charge in [-0.2, -0.15) is 0 Å². The highest BCUT2D eigenvalue weighted by atomic mass is 79.9. The fraction of sp³-hybridized carbons (Fsp3) is 0.381. The molecule has 1 N–H and O–H groups in total. The minimum atomic E-state index is -1.04. The second-order valence-corrected chi connectivity index (χ2v) is 9.05. The molecule has 2 heterocycles. The van der Waals surface area contributed by atoms with Gasteiger partial charge < -0.3 is 10.0 Å². The lowest BCUT2D eigenvalue weighted by Gasteiger charge is -2.38. The van der Waals surface area contributed by atoms with Crippen LogP contribution in [0.15, 0.2) is 53.5 Å². The summed E-state index contributed by atoms with van der Waals surface area (Å²) in [5.74, 6) is 0. The van der Waals surface area contributed by atoms with Gasteiger partial charge in [0.25, 0.3) is 0 Å². The van der Waals surface area contributed by atoms with Crippen molar-refractivity contribution < 1.29 is 5.11 Å². The lowest BCUT2D eigenvalue weighted by molar-refractivity contribution is -0.0649. The molecule has 2 unspecified atom stereocenters. The first-order chi connectivity index (χ1) is 13.1. The molecule has 28 heavy (non-hydrogen) atoms. The Balaban J connectivity index is 0.00000225. The molecule has 1 fully saturated rings. The van der Waals surface area contributed by atoms with E-state index in [1.807, 2.05) is 48.5 Å². The number of aliphatic imine (C=N–C) groups is 1. The second kappa shape index (κ2) is 9.40. The molecule has 2 aromatic carbocycles. The van der Waals surface area contributed by atoms with Crippen LogP contribution in [0.5, 0.6) is 0 Å². The van der Waals surface area contributed by atoms with Crippen LogP contribution in [0.4, 0.5) is 0 Å². The van der Waals surface area contributed by atoms with Crippen molar-refractivity contribution in [2.45, 2.75) is 36.7 Å². The monoisotopic (exact) mass is 500 g/mol. The molecule has 0 radical (unpaired) electrons. The van der Waals surface area contributed by atoms with E-state index in [1.54, 1.807) is 11.8 Å². The maximum atomic E-state index is 12.0. The quantitative estimate of drug-likeness (QED) is 0.549. The fourth-order valence-electron chi connectivity index (χ4n) is 3.78. The Morgan fingerprint density at radius 1 is 1.00 bits per heavy atom. The van der Waals surface area contributed by atoms with E-state index in [9.17, 15) is 5.11 Å². The smallest absolute Gasteiger partial charge is 0.162 e. The Morgan fingerprint density at radius 2 is 1.64 bits per heavy atom. The lowest BCUT2D eigenvalue weighted by atomic mass is 9.93. The standard InChI is InChI=1S/C21H22Cl2N2OS.BrH/c22-17-8-4-15(5-9-17)14-21(26)19(16-6-10-18(23)11-7-16)27-20-24-12-2-1-3-13-25(20)21;/h4-11,19,26H,1-3,12-14H2;1H/b24-20+;. The van der Waals surface area contributed by atoms with Gasteiger partial charge in [-0.1, -0.05) is 59.2 Å².